The van der Waals surface area contributed by atoms with Crippen molar-refractivity contribution in [1.29, 1.82) is 0 Å². The number of hydrogen-bond donors (Lipinski definition) is 1. The van der Waals surface area contributed by atoms with Crippen molar-refractivity contribution in [1.82, 2.24) is 4.57 Å². The van der Waals surface area contributed by atoms with E-state index in [0.717, 1.165) is 30.8 Å². The van der Waals surface area contributed by atoms with Gasteiger partial charge in [0, 0.05) is 35.7 Å². The highest BCUT2D eigenvalue weighted by Gasteiger charge is 2.21. The maximum absolute atomic E-state index is 10.0. The third kappa shape index (κ3) is 2.50. The molecule has 112 valence electrons. The van der Waals surface area contributed by atoms with Gasteiger partial charge in [-0.05, 0) is 48.9 Å². The van der Waals surface area contributed by atoms with Gasteiger partial charge in [0.05, 0.1) is 6.10 Å². The van der Waals surface area contributed by atoms with Crippen LogP contribution in [0.1, 0.15) is 13.1 Å². The minimum atomic E-state index is -0.804. The number of aliphatic hydroxyl groups excluding tert-OH is 1. The smallest absolute Gasteiger partial charge is 0.138 e. The molecule has 0 saturated heterocycles. The van der Waals surface area contributed by atoms with Crippen LogP contribution in [0.4, 0.5) is 0 Å². The summed E-state index contributed by atoms with van der Waals surface area (Å²) in [4.78, 5) is 2.89. The topological polar surface area (TPSA) is 73.9 Å². The molecule has 7 heteroatoms. The Labute approximate surface area is 143 Å². The highest BCUT2D eigenvalue weighted by molar-refractivity contribution is 9.10. The SMILES string of the molecule is CC(O)C(N=[N+]=[N-])n1c2ccc(Br)cc2c2cc(Br)ccc21. The van der Waals surface area contributed by atoms with Crippen LogP contribution in [0.25, 0.3) is 32.2 Å². The average molecular weight is 424 g/mol. The van der Waals surface area contributed by atoms with Gasteiger partial charge >= 0.3 is 0 Å². The zero-order chi connectivity index (χ0) is 15.9. The fourth-order valence-electron chi connectivity index (χ4n) is 2.70. The molecule has 0 spiro atoms. The monoisotopic (exact) mass is 422 g/mol. The van der Waals surface area contributed by atoms with Gasteiger partial charge in [0.25, 0.3) is 0 Å². The molecule has 0 amide bonds. The average Bonchev–Trinajstić information content (AvgIpc) is 2.77. The first kappa shape index (κ1) is 15.4. The van der Waals surface area contributed by atoms with Gasteiger partial charge < -0.3 is 9.67 Å². The van der Waals surface area contributed by atoms with Gasteiger partial charge in [-0.3, -0.25) is 0 Å². The Morgan fingerprint density at radius 2 is 1.59 bits per heavy atom. The van der Waals surface area contributed by atoms with Crippen LogP contribution in [0.5, 0.6) is 0 Å². The Morgan fingerprint density at radius 3 is 2.00 bits per heavy atom. The maximum atomic E-state index is 10.0. The van der Waals surface area contributed by atoms with Gasteiger partial charge in [-0.25, -0.2) is 0 Å². The molecule has 2 unspecified atom stereocenters. The number of azide groups is 1. The van der Waals surface area contributed by atoms with Crippen molar-refractivity contribution in [3.8, 4) is 0 Å². The van der Waals surface area contributed by atoms with E-state index in [1.165, 1.54) is 0 Å². The molecule has 0 aliphatic heterocycles. The van der Waals surface area contributed by atoms with Gasteiger partial charge in [-0.2, -0.15) is 0 Å². The summed E-state index contributed by atoms with van der Waals surface area (Å²) >= 11 is 6.98. The fourth-order valence-corrected chi connectivity index (χ4v) is 3.42. The third-order valence-corrected chi connectivity index (χ3v) is 4.58. The van der Waals surface area contributed by atoms with Crippen LogP contribution in [0, 0.1) is 0 Å². The summed E-state index contributed by atoms with van der Waals surface area (Å²) in [6, 6.07) is 11.8. The Morgan fingerprint density at radius 1 is 1.09 bits per heavy atom. The minimum Gasteiger partial charge on any atom is -0.391 e. The molecule has 0 radical (unpaired) electrons. The third-order valence-electron chi connectivity index (χ3n) is 3.59. The minimum absolute atomic E-state index is 0.702. The summed E-state index contributed by atoms with van der Waals surface area (Å²) in [7, 11) is 0. The zero-order valence-electron chi connectivity index (χ0n) is 11.6. The van der Waals surface area contributed by atoms with E-state index in [1.54, 1.807) is 6.92 Å². The lowest BCUT2D eigenvalue weighted by atomic mass is 10.2. The Hall–Kier alpha value is -1.53. The van der Waals surface area contributed by atoms with E-state index in [-0.39, 0.29) is 0 Å². The lowest BCUT2D eigenvalue weighted by Gasteiger charge is -2.19. The first-order valence-electron chi connectivity index (χ1n) is 6.64. The maximum Gasteiger partial charge on any atom is 0.138 e. The van der Waals surface area contributed by atoms with Gasteiger partial charge in [-0.15, -0.1) is 0 Å². The molecule has 3 aromatic rings. The zero-order valence-corrected chi connectivity index (χ0v) is 14.8. The molecule has 1 N–H and O–H groups in total. The predicted octanol–water partition coefficient (Wildman–Crippen LogP) is 5.51. The number of aromatic nitrogens is 1. The van der Waals surface area contributed by atoms with Crippen molar-refractivity contribution in [3.63, 3.8) is 0 Å². The van der Waals surface area contributed by atoms with Gasteiger partial charge in [0.1, 0.15) is 6.17 Å². The summed E-state index contributed by atoms with van der Waals surface area (Å²) < 4.78 is 3.82. The second kappa shape index (κ2) is 5.93. The molecule has 1 aromatic heterocycles. The molecule has 0 bridgehead atoms. The molecule has 0 saturated carbocycles. The van der Waals surface area contributed by atoms with Crippen molar-refractivity contribution in [2.45, 2.75) is 19.2 Å². The molecule has 2 aromatic carbocycles. The Kier molecular flexibility index (Phi) is 4.14. The first-order chi connectivity index (χ1) is 10.5. The normalized spacial score (nSPS) is 14.0. The molecular weight excluding hydrogens is 412 g/mol. The van der Waals surface area contributed by atoms with Crippen LogP contribution < -0.4 is 0 Å². The van der Waals surface area contributed by atoms with E-state index >= 15 is 0 Å². The summed E-state index contributed by atoms with van der Waals surface area (Å²) in [5, 5.41) is 15.9. The van der Waals surface area contributed by atoms with Gasteiger partial charge in [0.15, 0.2) is 0 Å². The first-order valence-corrected chi connectivity index (χ1v) is 8.22. The van der Waals surface area contributed by atoms with Crippen LogP contribution in [0.15, 0.2) is 50.5 Å². The molecule has 0 fully saturated rings. The van der Waals surface area contributed by atoms with Crippen molar-refractivity contribution < 1.29 is 5.11 Å². The van der Waals surface area contributed by atoms with Crippen molar-refractivity contribution in [2.24, 2.45) is 5.11 Å². The number of fused-ring (bicyclic) bond motifs is 3. The summed E-state index contributed by atoms with van der Waals surface area (Å²) in [6.07, 6.45) is -1.51. The van der Waals surface area contributed by atoms with E-state index in [2.05, 4.69) is 41.9 Å². The number of rotatable bonds is 3. The molecule has 0 aliphatic carbocycles. The van der Waals surface area contributed by atoms with Crippen LogP contribution in [-0.4, -0.2) is 15.8 Å². The number of aliphatic hydroxyl groups is 1. The van der Waals surface area contributed by atoms with Crippen LogP contribution in [0.3, 0.4) is 0 Å². The summed E-state index contributed by atoms with van der Waals surface area (Å²) in [5.74, 6) is 0. The second-order valence-corrected chi connectivity index (χ2v) is 6.88. The Balaban J connectivity index is 2.47. The van der Waals surface area contributed by atoms with Crippen LogP contribution in [0.2, 0.25) is 0 Å². The number of halogens is 2. The highest BCUT2D eigenvalue weighted by Crippen LogP contribution is 2.36. The largest absolute Gasteiger partial charge is 0.391 e. The molecule has 0 aliphatic rings. The molecular formula is C15H12Br2N4O. The van der Waals surface area contributed by atoms with E-state index in [4.69, 9.17) is 5.53 Å². The molecule has 5 nitrogen and oxygen atoms in total. The molecule has 22 heavy (non-hydrogen) atoms. The van der Waals surface area contributed by atoms with E-state index in [9.17, 15) is 5.11 Å². The second-order valence-electron chi connectivity index (χ2n) is 5.05. The summed E-state index contributed by atoms with van der Waals surface area (Å²) in [5.41, 5.74) is 10.7. The van der Waals surface area contributed by atoms with Gasteiger partial charge in [-0.1, -0.05) is 37.0 Å². The lowest BCUT2D eigenvalue weighted by molar-refractivity contribution is 0.137. The summed E-state index contributed by atoms with van der Waals surface area (Å²) in [6.45, 7) is 1.62. The predicted molar refractivity (Wildman–Crippen MR) is 94.7 cm³/mol. The number of hydrogen-bond acceptors (Lipinski definition) is 2. The number of nitrogens with zero attached hydrogens (tertiary/aromatic N) is 4. The van der Waals surface area contributed by atoms with Crippen LogP contribution >= 0.6 is 31.9 Å². The Bertz CT molecular complexity index is 853. The van der Waals surface area contributed by atoms with Gasteiger partial charge in [0.2, 0.25) is 0 Å². The lowest BCUT2D eigenvalue weighted by Crippen LogP contribution is -2.18. The van der Waals surface area contributed by atoms with Crippen molar-refractivity contribution in [2.75, 3.05) is 0 Å². The fraction of sp³-hybridized carbons (Fsp3) is 0.200. The van der Waals surface area contributed by atoms with E-state index in [1.807, 2.05) is 41.0 Å². The van der Waals surface area contributed by atoms with E-state index in [0.29, 0.717) is 0 Å². The van der Waals surface area contributed by atoms with Crippen molar-refractivity contribution >= 4 is 53.7 Å². The molecule has 3 rings (SSSR count). The van der Waals surface area contributed by atoms with E-state index < -0.39 is 12.3 Å². The molecule has 2 atom stereocenters. The highest BCUT2D eigenvalue weighted by atomic mass is 79.9. The number of benzene rings is 2. The standard InChI is InChI=1S/C15H12Br2N4O/c1-8(22)15(19-20-18)21-13-4-2-9(16)6-11(13)12-7-10(17)3-5-14(12)21/h2-8,15,22H,1H3. The quantitative estimate of drug-likeness (QED) is 0.336. The van der Waals surface area contributed by atoms with Crippen LogP contribution in [-0.2, 0) is 0 Å². The van der Waals surface area contributed by atoms with Crippen molar-refractivity contribution in [3.05, 3.63) is 55.8 Å². The molecule has 1 heterocycles.